The molecule has 2 rings (SSSR count). The summed E-state index contributed by atoms with van der Waals surface area (Å²) in [5.41, 5.74) is 1.09. The van der Waals surface area contributed by atoms with E-state index in [0.29, 0.717) is 17.3 Å². The summed E-state index contributed by atoms with van der Waals surface area (Å²) >= 11 is 11.9. The number of hydrogen-bond acceptors (Lipinski definition) is 0. The Labute approximate surface area is 123 Å². The van der Waals surface area contributed by atoms with Crippen LogP contribution in [0.1, 0.15) is 43.6 Å². The third-order valence-electron chi connectivity index (χ3n) is 3.89. The molecule has 0 radical (unpaired) electrons. The van der Waals surface area contributed by atoms with Crippen LogP contribution in [0.15, 0.2) is 24.3 Å². The molecule has 106 valence electrons. The maximum Gasteiger partial charge on any atom is 0.248 e. The predicted octanol–water partition coefficient (Wildman–Crippen LogP) is 5.88. The van der Waals surface area contributed by atoms with Gasteiger partial charge in [0.25, 0.3) is 0 Å². The van der Waals surface area contributed by atoms with E-state index in [2.05, 4.69) is 0 Å². The first-order valence-corrected chi connectivity index (χ1v) is 7.61. The number of hydrogen-bond donors (Lipinski definition) is 0. The molecule has 0 bridgehead atoms. The van der Waals surface area contributed by atoms with Gasteiger partial charge in [-0.2, -0.15) is 0 Å². The standard InChI is InChI=1S/C15H18Cl2F2/c16-10-13(12-3-5-14(17)6-4-12)8-11-2-1-7-15(18,19)9-11/h3-6,11,13H,1-2,7-10H2. The van der Waals surface area contributed by atoms with E-state index < -0.39 is 5.92 Å². The Morgan fingerprint density at radius 1 is 1.26 bits per heavy atom. The third-order valence-corrected chi connectivity index (χ3v) is 4.51. The first kappa shape index (κ1) is 15.1. The third kappa shape index (κ3) is 4.32. The Hall–Kier alpha value is -0.340. The molecule has 1 saturated carbocycles. The minimum atomic E-state index is -2.49. The Morgan fingerprint density at radius 3 is 2.53 bits per heavy atom. The smallest absolute Gasteiger partial charge is 0.207 e. The summed E-state index contributed by atoms with van der Waals surface area (Å²) in [6.07, 6.45) is 2.29. The second-order valence-electron chi connectivity index (χ2n) is 5.46. The molecule has 1 aliphatic carbocycles. The van der Waals surface area contributed by atoms with Crippen molar-refractivity contribution < 1.29 is 8.78 Å². The fourth-order valence-corrected chi connectivity index (χ4v) is 3.33. The molecule has 0 nitrogen and oxygen atoms in total. The van der Waals surface area contributed by atoms with E-state index in [1.54, 1.807) is 0 Å². The van der Waals surface area contributed by atoms with Crippen LogP contribution in [0.3, 0.4) is 0 Å². The lowest BCUT2D eigenvalue weighted by atomic mass is 9.79. The molecule has 1 fully saturated rings. The second kappa shape index (κ2) is 6.41. The van der Waals surface area contributed by atoms with Gasteiger partial charge in [0.1, 0.15) is 0 Å². The van der Waals surface area contributed by atoms with E-state index >= 15 is 0 Å². The summed E-state index contributed by atoms with van der Waals surface area (Å²) < 4.78 is 26.8. The van der Waals surface area contributed by atoms with Gasteiger partial charge < -0.3 is 0 Å². The number of halogens is 4. The van der Waals surface area contributed by atoms with Crippen LogP contribution in [0.5, 0.6) is 0 Å². The summed E-state index contributed by atoms with van der Waals surface area (Å²) in [6, 6.07) is 7.53. The molecule has 1 aromatic rings. The Balaban J connectivity index is 2.01. The number of rotatable bonds is 4. The molecule has 4 heteroatoms. The van der Waals surface area contributed by atoms with Crippen molar-refractivity contribution in [1.29, 1.82) is 0 Å². The highest BCUT2D eigenvalue weighted by Gasteiger charge is 2.36. The molecular formula is C15H18Cl2F2. The Kier molecular flexibility index (Phi) is 5.08. The van der Waals surface area contributed by atoms with Crippen molar-refractivity contribution in [1.82, 2.24) is 0 Å². The Morgan fingerprint density at radius 2 is 1.95 bits per heavy atom. The van der Waals surface area contributed by atoms with Gasteiger partial charge in [0.05, 0.1) is 0 Å². The van der Waals surface area contributed by atoms with Crippen LogP contribution in [0.25, 0.3) is 0 Å². The van der Waals surface area contributed by atoms with E-state index in [-0.39, 0.29) is 24.7 Å². The average Bonchev–Trinajstić information content (AvgIpc) is 2.36. The maximum absolute atomic E-state index is 13.4. The van der Waals surface area contributed by atoms with Crippen LogP contribution < -0.4 is 0 Å². The molecule has 0 spiro atoms. The highest BCUT2D eigenvalue weighted by Crippen LogP contribution is 2.41. The van der Waals surface area contributed by atoms with Gasteiger partial charge >= 0.3 is 0 Å². The van der Waals surface area contributed by atoms with Crippen molar-refractivity contribution in [3.63, 3.8) is 0 Å². The van der Waals surface area contributed by atoms with Crippen LogP contribution in [0, 0.1) is 5.92 Å². The average molecular weight is 307 g/mol. The molecule has 2 atom stereocenters. The first-order chi connectivity index (χ1) is 9.00. The quantitative estimate of drug-likeness (QED) is 0.609. The molecule has 0 heterocycles. The molecule has 2 unspecified atom stereocenters. The van der Waals surface area contributed by atoms with E-state index in [1.807, 2.05) is 24.3 Å². The number of benzene rings is 1. The van der Waals surface area contributed by atoms with Gasteiger partial charge in [-0.15, -0.1) is 11.6 Å². The van der Waals surface area contributed by atoms with Crippen molar-refractivity contribution in [2.75, 3.05) is 5.88 Å². The van der Waals surface area contributed by atoms with E-state index in [0.717, 1.165) is 18.4 Å². The second-order valence-corrected chi connectivity index (χ2v) is 6.20. The zero-order valence-corrected chi connectivity index (χ0v) is 12.2. The van der Waals surface area contributed by atoms with Crippen molar-refractivity contribution in [3.05, 3.63) is 34.9 Å². The fraction of sp³-hybridized carbons (Fsp3) is 0.600. The highest BCUT2D eigenvalue weighted by atomic mass is 35.5. The normalized spacial score (nSPS) is 24.1. The van der Waals surface area contributed by atoms with Gasteiger partial charge in [-0.3, -0.25) is 0 Å². The van der Waals surface area contributed by atoms with Gasteiger partial charge in [-0.25, -0.2) is 8.78 Å². The first-order valence-electron chi connectivity index (χ1n) is 6.69. The summed E-state index contributed by atoms with van der Waals surface area (Å²) in [6.45, 7) is 0. The molecule has 0 N–H and O–H groups in total. The summed E-state index contributed by atoms with van der Waals surface area (Å²) in [5, 5.41) is 0.682. The molecule has 0 aliphatic heterocycles. The van der Waals surface area contributed by atoms with E-state index in [9.17, 15) is 8.78 Å². The van der Waals surface area contributed by atoms with Crippen LogP contribution >= 0.6 is 23.2 Å². The SMILES string of the molecule is FC1(F)CCCC(CC(CCl)c2ccc(Cl)cc2)C1. The molecular weight excluding hydrogens is 289 g/mol. The van der Waals surface area contributed by atoms with E-state index in [4.69, 9.17) is 23.2 Å². The van der Waals surface area contributed by atoms with Crippen molar-refractivity contribution in [2.45, 2.75) is 43.9 Å². The zero-order valence-electron chi connectivity index (χ0n) is 10.7. The molecule has 1 aliphatic rings. The molecule has 0 amide bonds. The van der Waals surface area contributed by atoms with Crippen molar-refractivity contribution in [3.8, 4) is 0 Å². The van der Waals surface area contributed by atoms with Crippen molar-refractivity contribution >= 4 is 23.2 Å². The molecule has 19 heavy (non-hydrogen) atoms. The highest BCUT2D eigenvalue weighted by molar-refractivity contribution is 6.30. The minimum Gasteiger partial charge on any atom is -0.207 e. The maximum atomic E-state index is 13.4. The lowest BCUT2D eigenvalue weighted by Gasteiger charge is -2.31. The summed E-state index contributed by atoms with van der Waals surface area (Å²) in [7, 11) is 0. The van der Waals surface area contributed by atoms with Crippen LogP contribution in [0.2, 0.25) is 5.02 Å². The minimum absolute atomic E-state index is 0.00792. The monoisotopic (exact) mass is 306 g/mol. The van der Waals surface area contributed by atoms with Gasteiger partial charge in [-0.1, -0.05) is 23.7 Å². The van der Waals surface area contributed by atoms with Crippen molar-refractivity contribution in [2.24, 2.45) is 5.92 Å². The largest absolute Gasteiger partial charge is 0.248 e. The zero-order chi connectivity index (χ0) is 13.9. The number of alkyl halides is 3. The molecule has 1 aromatic carbocycles. The Bertz CT molecular complexity index is 403. The lowest BCUT2D eigenvalue weighted by Crippen LogP contribution is -2.27. The van der Waals surface area contributed by atoms with Gasteiger partial charge in [0, 0.05) is 23.7 Å². The van der Waals surface area contributed by atoms with E-state index in [1.165, 1.54) is 0 Å². The summed E-state index contributed by atoms with van der Waals surface area (Å²) in [4.78, 5) is 0. The topological polar surface area (TPSA) is 0 Å². The van der Waals surface area contributed by atoms with Crippen LogP contribution in [-0.2, 0) is 0 Å². The molecule has 0 saturated heterocycles. The van der Waals surface area contributed by atoms with Gasteiger partial charge in [0.2, 0.25) is 5.92 Å². The summed E-state index contributed by atoms with van der Waals surface area (Å²) in [5.74, 6) is -1.82. The lowest BCUT2D eigenvalue weighted by molar-refractivity contribution is -0.0541. The molecule has 0 aromatic heterocycles. The van der Waals surface area contributed by atoms with Gasteiger partial charge in [-0.05, 0) is 48.8 Å². The van der Waals surface area contributed by atoms with Crippen LogP contribution in [-0.4, -0.2) is 11.8 Å². The predicted molar refractivity (Wildman–Crippen MR) is 76.4 cm³/mol. The van der Waals surface area contributed by atoms with Gasteiger partial charge in [0.15, 0.2) is 0 Å². The fourth-order valence-electron chi connectivity index (χ4n) is 2.90. The van der Waals surface area contributed by atoms with Crippen LogP contribution in [0.4, 0.5) is 8.78 Å².